The maximum Gasteiger partial charge on any atom is 0.256 e. The molecule has 0 spiro atoms. The second-order valence-corrected chi connectivity index (χ2v) is 10.1. The highest BCUT2D eigenvalue weighted by atomic mass is 35.5. The van der Waals surface area contributed by atoms with Gasteiger partial charge in [0.15, 0.2) is 9.84 Å². The fourth-order valence-electron chi connectivity index (χ4n) is 2.75. The van der Waals surface area contributed by atoms with Crippen LogP contribution in [-0.4, -0.2) is 31.1 Å². The summed E-state index contributed by atoms with van der Waals surface area (Å²) >= 11 is 7.41. The molecular weight excluding hydrogens is 378 g/mol. The molecule has 1 N–H and O–H groups in total. The molecule has 1 heterocycles. The molecular formula is C18H18ClNO3S2. The smallest absolute Gasteiger partial charge is 0.256 e. The highest BCUT2D eigenvalue weighted by Crippen LogP contribution is 2.33. The molecule has 3 rings (SSSR count). The summed E-state index contributed by atoms with van der Waals surface area (Å²) in [6.45, 7) is 1.88. The lowest BCUT2D eigenvalue weighted by atomic mass is 10.1. The molecule has 1 amide bonds. The van der Waals surface area contributed by atoms with Gasteiger partial charge in [0.1, 0.15) is 0 Å². The maximum absolute atomic E-state index is 12.7. The number of nitrogens with one attached hydrogen (secondary N) is 1. The summed E-state index contributed by atoms with van der Waals surface area (Å²) in [6, 6.07) is 12.6. The molecule has 1 aliphatic rings. The van der Waals surface area contributed by atoms with E-state index in [-0.39, 0.29) is 22.7 Å². The molecule has 1 fully saturated rings. The third kappa shape index (κ3) is 4.57. The molecule has 2 aromatic carbocycles. The van der Waals surface area contributed by atoms with Crippen LogP contribution in [0.5, 0.6) is 0 Å². The van der Waals surface area contributed by atoms with E-state index in [2.05, 4.69) is 5.32 Å². The van der Waals surface area contributed by atoms with Crippen molar-refractivity contribution in [1.82, 2.24) is 0 Å². The average Bonchev–Trinajstić information content (AvgIpc) is 2.89. The number of halogens is 1. The third-order valence-corrected chi connectivity index (χ3v) is 7.61. The van der Waals surface area contributed by atoms with Crippen LogP contribution in [0.3, 0.4) is 0 Å². The minimum Gasteiger partial charge on any atom is -0.322 e. The molecule has 0 bridgehead atoms. The van der Waals surface area contributed by atoms with Crippen LogP contribution in [-0.2, 0) is 9.84 Å². The van der Waals surface area contributed by atoms with Gasteiger partial charge in [0.2, 0.25) is 0 Å². The molecule has 0 aliphatic carbocycles. The lowest BCUT2D eigenvalue weighted by Gasteiger charge is -2.13. The first kappa shape index (κ1) is 18.3. The zero-order chi connectivity index (χ0) is 18.0. The molecule has 1 atom stereocenters. The number of sulfone groups is 1. The van der Waals surface area contributed by atoms with Crippen LogP contribution in [0, 0.1) is 6.92 Å². The second kappa shape index (κ2) is 7.40. The molecule has 0 aromatic heterocycles. The Labute approximate surface area is 156 Å². The van der Waals surface area contributed by atoms with E-state index in [4.69, 9.17) is 11.6 Å². The molecule has 4 nitrogen and oxygen atoms in total. The summed E-state index contributed by atoms with van der Waals surface area (Å²) in [6.07, 6.45) is 0.624. The lowest BCUT2D eigenvalue weighted by molar-refractivity contribution is 0.102. The maximum atomic E-state index is 12.7. The number of amides is 1. The summed E-state index contributed by atoms with van der Waals surface area (Å²) in [5.41, 5.74) is 2.14. The van der Waals surface area contributed by atoms with Crippen molar-refractivity contribution in [3.05, 3.63) is 58.6 Å². The van der Waals surface area contributed by atoms with Crippen LogP contribution in [0.2, 0.25) is 5.02 Å². The van der Waals surface area contributed by atoms with Crippen molar-refractivity contribution in [3.63, 3.8) is 0 Å². The Morgan fingerprint density at radius 2 is 2.00 bits per heavy atom. The second-order valence-electron chi connectivity index (χ2n) is 6.05. The largest absolute Gasteiger partial charge is 0.322 e. The normalized spacial score (nSPS) is 18.9. The summed E-state index contributed by atoms with van der Waals surface area (Å²) in [5.74, 6) is 0.182. The van der Waals surface area contributed by atoms with Gasteiger partial charge in [0.05, 0.1) is 17.1 Å². The van der Waals surface area contributed by atoms with Crippen LogP contribution < -0.4 is 5.32 Å². The topological polar surface area (TPSA) is 63.2 Å². The molecule has 1 aliphatic heterocycles. The predicted octanol–water partition coefficient (Wildman–Crippen LogP) is 4.18. The summed E-state index contributed by atoms with van der Waals surface area (Å²) in [4.78, 5) is 13.5. The number of anilines is 1. The van der Waals surface area contributed by atoms with E-state index in [9.17, 15) is 13.2 Å². The summed E-state index contributed by atoms with van der Waals surface area (Å²) in [7, 11) is -2.94. The fourth-order valence-corrected chi connectivity index (χ4v) is 6.60. The van der Waals surface area contributed by atoms with Gasteiger partial charge >= 0.3 is 0 Å². The Morgan fingerprint density at radius 1 is 1.24 bits per heavy atom. The van der Waals surface area contributed by atoms with Crippen LogP contribution in [0.15, 0.2) is 47.4 Å². The highest BCUT2D eigenvalue weighted by molar-refractivity contribution is 8.02. The van der Waals surface area contributed by atoms with Crippen molar-refractivity contribution in [1.29, 1.82) is 0 Å². The minimum atomic E-state index is -2.94. The van der Waals surface area contributed by atoms with Gasteiger partial charge in [-0.25, -0.2) is 8.42 Å². The van der Waals surface area contributed by atoms with Crippen LogP contribution in [0.4, 0.5) is 5.69 Å². The predicted molar refractivity (Wildman–Crippen MR) is 104 cm³/mol. The number of carbonyl (C=O) groups is 1. The van der Waals surface area contributed by atoms with Gasteiger partial charge in [0.25, 0.3) is 5.91 Å². The van der Waals surface area contributed by atoms with Crippen molar-refractivity contribution in [2.45, 2.75) is 23.5 Å². The highest BCUT2D eigenvalue weighted by Gasteiger charge is 2.29. The van der Waals surface area contributed by atoms with Gasteiger partial charge in [-0.3, -0.25) is 4.79 Å². The van der Waals surface area contributed by atoms with E-state index < -0.39 is 9.84 Å². The Kier molecular flexibility index (Phi) is 5.41. The standard InChI is InChI=1S/C18H18ClNO3S2/c1-12-10-13(19)6-7-16(12)20-18(21)15-4-2-3-5-17(15)24-14-8-9-25(22,23)11-14/h2-7,10,14H,8-9,11H2,1H3,(H,20,21)/t14-/m1/s1. The quantitative estimate of drug-likeness (QED) is 0.843. The number of thioether (sulfide) groups is 1. The average molecular weight is 396 g/mol. The van der Waals surface area contributed by atoms with Crippen molar-refractivity contribution in [2.75, 3.05) is 16.8 Å². The van der Waals surface area contributed by atoms with E-state index in [1.807, 2.05) is 19.1 Å². The van der Waals surface area contributed by atoms with Gasteiger partial charge in [-0.2, -0.15) is 0 Å². The number of hydrogen-bond donors (Lipinski definition) is 1. The molecule has 0 saturated carbocycles. The molecule has 25 heavy (non-hydrogen) atoms. The fraction of sp³-hybridized carbons (Fsp3) is 0.278. The monoisotopic (exact) mass is 395 g/mol. The van der Waals surface area contributed by atoms with E-state index in [0.717, 1.165) is 10.5 Å². The molecule has 132 valence electrons. The number of rotatable bonds is 4. The van der Waals surface area contributed by atoms with E-state index >= 15 is 0 Å². The van der Waals surface area contributed by atoms with E-state index in [1.54, 1.807) is 30.3 Å². The SMILES string of the molecule is Cc1cc(Cl)ccc1NC(=O)c1ccccc1S[C@@H]1CCS(=O)(=O)C1. The molecule has 7 heteroatoms. The molecule has 0 radical (unpaired) electrons. The van der Waals surface area contributed by atoms with Crippen LogP contribution in [0.1, 0.15) is 22.3 Å². The lowest BCUT2D eigenvalue weighted by Crippen LogP contribution is -2.14. The third-order valence-electron chi connectivity index (χ3n) is 4.05. The minimum absolute atomic E-state index is 0.00350. The summed E-state index contributed by atoms with van der Waals surface area (Å²) < 4.78 is 23.3. The van der Waals surface area contributed by atoms with Gasteiger partial charge < -0.3 is 5.32 Å². The van der Waals surface area contributed by atoms with Crippen LogP contribution in [0.25, 0.3) is 0 Å². The molecule has 2 aromatic rings. The van der Waals surface area contributed by atoms with E-state index in [1.165, 1.54) is 11.8 Å². The Bertz CT molecular complexity index is 912. The van der Waals surface area contributed by atoms with Crippen molar-refractivity contribution in [3.8, 4) is 0 Å². The van der Waals surface area contributed by atoms with Gasteiger partial charge in [-0.05, 0) is 49.2 Å². The summed E-state index contributed by atoms with van der Waals surface area (Å²) in [5, 5.41) is 3.52. The van der Waals surface area contributed by atoms with Crippen molar-refractivity contribution >= 4 is 44.8 Å². The number of benzene rings is 2. The Morgan fingerprint density at radius 3 is 2.68 bits per heavy atom. The van der Waals surface area contributed by atoms with Gasteiger partial charge in [0, 0.05) is 20.9 Å². The number of hydrogen-bond acceptors (Lipinski definition) is 4. The molecule has 0 unspecified atom stereocenters. The molecule has 1 saturated heterocycles. The van der Waals surface area contributed by atoms with Gasteiger partial charge in [-0.1, -0.05) is 23.7 Å². The Hall–Kier alpha value is -1.50. The first-order valence-corrected chi connectivity index (χ1v) is 11.0. The van der Waals surface area contributed by atoms with Crippen molar-refractivity contribution < 1.29 is 13.2 Å². The van der Waals surface area contributed by atoms with Gasteiger partial charge in [-0.15, -0.1) is 11.8 Å². The van der Waals surface area contributed by atoms with Crippen molar-refractivity contribution in [2.24, 2.45) is 0 Å². The first-order valence-electron chi connectivity index (χ1n) is 7.88. The first-order chi connectivity index (χ1) is 11.8. The number of carbonyl (C=O) groups excluding carboxylic acids is 1. The zero-order valence-corrected chi connectivity index (χ0v) is 16.0. The number of aryl methyl sites for hydroxylation is 1. The van der Waals surface area contributed by atoms with Crippen LogP contribution >= 0.6 is 23.4 Å². The van der Waals surface area contributed by atoms with E-state index in [0.29, 0.717) is 22.7 Å². The zero-order valence-electron chi connectivity index (χ0n) is 13.7. The Balaban J connectivity index is 1.79.